The van der Waals surface area contributed by atoms with Gasteiger partial charge in [0.05, 0.1) is 6.04 Å². The van der Waals surface area contributed by atoms with Gasteiger partial charge in [0.2, 0.25) is 0 Å². The molecule has 0 aliphatic heterocycles. The van der Waals surface area contributed by atoms with Crippen molar-refractivity contribution in [2.24, 2.45) is 0 Å². The summed E-state index contributed by atoms with van der Waals surface area (Å²) in [4.78, 5) is 11.6. The molecule has 3 nitrogen and oxygen atoms in total. The van der Waals surface area contributed by atoms with E-state index in [0.717, 1.165) is 12.8 Å². The van der Waals surface area contributed by atoms with E-state index in [4.69, 9.17) is 4.74 Å². The van der Waals surface area contributed by atoms with Gasteiger partial charge in [0.1, 0.15) is 11.8 Å². The number of amides is 1. The number of carbonyl (C=O) groups is 1. The number of ether oxygens (including phenoxy) is 1. The summed E-state index contributed by atoms with van der Waals surface area (Å²) < 4.78 is 18.9. The van der Waals surface area contributed by atoms with Crippen molar-refractivity contribution in [1.82, 2.24) is 5.32 Å². The molecule has 0 unspecified atom stereocenters. The van der Waals surface area contributed by atoms with E-state index in [1.807, 2.05) is 12.2 Å². The van der Waals surface area contributed by atoms with Gasteiger partial charge in [-0.1, -0.05) is 12.2 Å². The van der Waals surface area contributed by atoms with Gasteiger partial charge in [-0.25, -0.2) is 9.18 Å². The van der Waals surface area contributed by atoms with E-state index in [1.165, 1.54) is 0 Å². The monoisotopic (exact) mass is 243 g/mol. The first kappa shape index (κ1) is 14.0. The van der Waals surface area contributed by atoms with E-state index in [-0.39, 0.29) is 0 Å². The maximum absolute atomic E-state index is 13.8. The largest absolute Gasteiger partial charge is 0.444 e. The average Bonchev–Trinajstić information content (AvgIpc) is 2.15. The van der Waals surface area contributed by atoms with Crippen LogP contribution in [0.15, 0.2) is 12.2 Å². The quantitative estimate of drug-likeness (QED) is 0.717. The van der Waals surface area contributed by atoms with Gasteiger partial charge in [0, 0.05) is 0 Å². The average molecular weight is 243 g/mol. The SMILES string of the molecule is CC(C)(C)OC(=O)N[C@H]1CC/C=C\CC[C@@H]1F. The first-order valence-electron chi connectivity index (χ1n) is 6.17. The van der Waals surface area contributed by atoms with Crippen molar-refractivity contribution in [1.29, 1.82) is 0 Å². The zero-order valence-corrected chi connectivity index (χ0v) is 10.8. The van der Waals surface area contributed by atoms with E-state index in [2.05, 4.69) is 5.32 Å². The fourth-order valence-corrected chi connectivity index (χ4v) is 1.77. The number of halogens is 1. The molecule has 0 spiro atoms. The van der Waals surface area contributed by atoms with Gasteiger partial charge in [0.25, 0.3) is 0 Å². The van der Waals surface area contributed by atoms with E-state index < -0.39 is 23.9 Å². The molecule has 1 aliphatic carbocycles. The lowest BCUT2D eigenvalue weighted by molar-refractivity contribution is 0.0466. The molecule has 98 valence electrons. The second kappa shape index (κ2) is 6.03. The summed E-state index contributed by atoms with van der Waals surface area (Å²) in [5, 5.41) is 2.62. The minimum Gasteiger partial charge on any atom is -0.444 e. The standard InChI is InChI=1S/C13H22FNO2/c1-13(2,3)17-12(16)15-11-9-7-5-4-6-8-10(11)14/h4-5,10-11H,6-9H2,1-3H3,(H,15,16)/b5-4-/t10-,11-/m0/s1. The first-order chi connectivity index (χ1) is 7.88. The highest BCUT2D eigenvalue weighted by Crippen LogP contribution is 2.17. The number of hydrogen-bond donors (Lipinski definition) is 1. The highest BCUT2D eigenvalue weighted by atomic mass is 19.1. The lowest BCUT2D eigenvalue weighted by Gasteiger charge is -2.26. The molecule has 0 heterocycles. The van der Waals surface area contributed by atoms with Crippen LogP contribution in [-0.4, -0.2) is 23.9 Å². The Bertz CT molecular complexity index is 284. The third-order valence-corrected chi connectivity index (χ3v) is 2.56. The van der Waals surface area contributed by atoms with Crippen LogP contribution in [0, 0.1) is 0 Å². The molecule has 1 rings (SSSR count). The summed E-state index contributed by atoms with van der Waals surface area (Å²) in [6.07, 6.45) is 5.11. The summed E-state index contributed by atoms with van der Waals surface area (Å²) in [6.45, 7) is 5.38. The van der Waals surface area contributed by atoms with Crippen molar-refractivity contribution < 1.29 is 13.9 Å². The van der Waals surface area contributed by atoms with E-state index >= 15 is 0 Å². The number of allylic oxidation sites excluding steroid dienone is 2. The second-order valence-electron chi connectivity index (χ2n) is 5.39. The van der Waals surface area contributed by atoms with Crippen LogP contribution in [-0.2, 0) is 4.74 Å². The van der Waals surface area contributed by atoms with Crippen LogP contribution in [0.25, 0.3) is 0 Å². The summed E-state index contributed by atoms with van der Waals surface area (Å²) in [6, 6.07) is -0.435. The normalized spacial score (nSPS) is 27.8. The minimum absolute atomic E-state index is 0.435. The lowest BCUT2D eigenvalue weighted by Crippen LogP contribution is -2.44. The second-order valence-corrected chi connectivity index (χ2v) is 5.39. The Morgan fingerprint density at radius 2 is 1.88 bits per heavy atom. The maximum atomic E-state index is 13.8. The van der Waals surface area contributed by atoms with Crippen molar-refractivity contribution in [2.75, 3.05) is 0 Å². The molecule has 17 heavy (non-hydrogen) atoms. The molecule has 0 aromatic rings. The molecule has 1 aliphatic rings. The van der Waals surface area contributed by atoms with Crippen molar-refractivity contribution in [2.45, 2.75) is 64.3 Å². The van der Waals surface area contributed by atoms with Gasteiger partial charge in [-0.3, -0.25) is 0 Å². The molecule has 0 fully saturated rings. The molecule has 1 N–H and O–H groups in total. The lowest BCUT2D eigenvalue weighted by atomic mass is 9.99. The Balaban J connectivity index is 2.47. The highest BCUT2D eigenvalue weighted by Gasteiger charge is 2.25. The number of alkyl halides is 1. The zero-order chi connectivity index (χ0) is 12.9. The van der Waals surface area contributed by atoms with Crippen LogP contribution in [0.1, 0.15) is 46.5 Å². The molecule has 1 amide bonds. The number of nitrogens with one attached hydrogen (secondary N) is 1. The van der Waals surface area contributed by atoms with Crippen molar-refractivity contribution in [3.8, 4) is 0 Å². The Morgan fingerprint density at radius 3 is 2.47 bits per heavy atom. The van der Waals surface area contributed by atoms with Crippen LogP contribution in [0.2, 0.25) is 0 Å². The van der Waals surface area contributed by atoms with E-state index in [0.29, 0.717) is 12.8 Å². The molecule has 0 aromatic carbocycles. The number of rotatable bonds is 1. The van der Waals surface area contributed by atoms with Gasteiger partial charge >= 0.3 is 6.09 Å². The van der Waals surface area contributed by atoms with Crippen molar-refractivity contribution >= 4 is 6.09 Å². The molecule has 2 atom stereocenters. The van der Waals surface area contributed by atoms with Crippen molar-refractivity contribution in [3.05, 3.63) is 12.2 Å². The van der Waals surface area contributed by atoms with Gasteiger partial charge in [0.15, 0.2) is 0 Å². The number of hydrogen-bond acceptors (Lipinski definition) is 2. The molecule has 0 bridgehead atoms. The third-order valence-electron chi connectivity index (χ3n) is 2.56. The first-order valence-corrected chi connectivity index (χ1v) is 6.17. The summed E-state index contributed by atoms with van der Waals surface area (Å²) >= 11 is 0. The molecule has 0 aromatic heterocycles. The Morgan fingerprint density at radius 1 is 1.29 bits per heavy atom. The molecule has 4 heteroatoms. The van der Waals surface area contributed by atoms with Gasteiger partial charge in [-0.05, 0) is 46.5 Å². The Kier molecular flexibility index (Phi) is 4.97. The molecular weight excluding hydrogens is 221 g/mol. The number of alkyl carbamates (subject to hydrolysis) is 1. The third kappa shape index (κ3) is 5.71. The van der Waals surface area contributed by atoms with Crippen LogP contribution in [0.4, 0.5) is 9.18 Å². The smallest absolute Gasteiger partial charge is 0.407 e. The summed E-state index contributed by atoms with van der Waals surface area (Å²) in [5.74, 6) is 0. The van der Waals surface area contributed by atoms with Gasteiger partial charge < -0.3 is 10.1 Å². The molecule has 0 saturated heterocycles. The van der Waals surface area contributed by atoms with Crippen LogP contribution >= 0.6 is 0 Å². The highest BCUT2D eigenvalue weighted by molar-refractivity contribution is 5.68. The predicted octanol–water partition coefficient (Wildman–Crippen LogP) is 3.35. The van der Waals surface area contributed by atoms with Gasteiger partial charge in [-0.15, -0.1) is 0 Å². The fraction of sp³-hybridized carbons (Fsp3) is 0.769. The minimum atomic E-state index is -0.993. The van der Waals surface area contributed by atoms with Crippen LogP contribution in [0.5, 0.6) is 0 Å². The summed E-state index contributed by atoms with van der Waals surface area (Å²) in [7, 11) is 0. The van der Waals surface area contributed by atoms with Crippen LogP contribution < -0.4 is 5.32 Å². The molecule has 0 radical (unpaired) electrons. The molecular formula is C13H22FNO2. The number of carbonyl (C=O) groups excluding carboxylic acids is 1. The Labute approximate surface area is 102 Å². The Hall–Kier alpha value is -1.06. The predicted molar refractivity (Wildman–Crippen MR) is 65.7 cm³/mol. The maximum Gasteiger partial charge on any atom is 0.407 e. The summed E-state index contributed by atoms with van der Waals surface area (Å²) in [5.41, 5.74) is -0.544. The zero-order valence-electron chi connectivity index (χ0n) is 10.8. The molecule has 0 saturated carbocycles. The topological polar surface area (TPSA) is 38.3 Å². The van der Waals surface area contributed by atoms with E-state index in [1.54, 1.807) is 20.8 Å². The van der Waals surface area contributed by atoms with Crippen LogP contribution in [0.3, 0.4) is 0 Å². The fourth-order valence-electron chi connectivity index (χ4n) is 1.77. The van der Waals surface area contributed by atoms with E-state index in [9.17, 15) is 9.18 Å². The van der Waals surface area contributed by atoms with Crippen molar-refractivity contribution in [3.63, 3.8) is 0 Å². The van der Waals surface area contributed by atoms with Gasteiger partial charge in [-0.2, -0.15) is 0 Å².